The van der Waals surface area contributed by atoms with Gasteiger partial charge in [0.25, 0.3) is 0 Å². The number of hydrazine groups is 1. The van der Waals surface area contributed by atoms with Crippen LogP contribution in [0.2, 0.25) is 0 Å². The largest absolute Gasteiger partial charge is 0.369 e. The number of primary amides is 1. The van der Waals surface area contributed by atoms with Crippen molar-refractivity contribution in [3.63, 3.8) is 0 Å². The van der Waals surface area contributed by atoms with Crippen molar-refractivity contribution in [2.45, 2.75) is 6.42 Å². The van der Waals surface area contributed by atoms with Gasteiger partial charge >= 0.3 is 0 Å². The van der Waals surface area contributed by atoms with E-state index in [1.807, 2.05) is 0 Å². The monoisotopic (exact) mass is 129 g/mol. The minimum absolute atomic E-state index is 0.0185. The molecule has 9 heavy (non-hydrogen) atoms. The summed E-state index contributed by atoms with van der Waals surface area (Å²) in [4.78, 5) is 10.5. The molecule has 0 radical (unpaired) electrons. The van der Waals surface area contributed by atoms with Gasteiger partial charge < -0.3 is 5.73 Å². The fraction of sp³-hybridized carbons (Fsp3) is 0.800. The van der Waals surface area contributed by atoms with Crippen LogP contribution in [0, 0.1) is 5.92 Å². The standard InChI is InChI=1S/C5H11N3O/c6-5(9)4-1-2-8(7)3-4/h4H,1-3,7H2,(H2,6,9). The van der Waals surface area contributed by atoms with Gasteiger partial charge in [0, 0.05) is 13.1 Å². The van der Waals surface area contributed by atoms with Crippen LogP contribution in [0.4, 0.5) is 0 Å². The second-order valence-corrected chi connectivity index (χ2v) is 2.38. The quantitative estimate of drug-likeness (QED) is 0.431. The van der Waals surface area contributed by atoms with Crippen LogP contribution < -0.4 is 11.6 Å². The van der Waals surface area contributed by atoms with Crippen LogP contribution in [-0.4, -0.2) is 24.0 Å². The number of hydrogen-bond acceptors (Lipinski definition) is 3. The summed E-state index contributed by atoms with van der Waals surface area (Å²) in [6.07, 6.45) is 0.811. The second-order valence-electron chi connectivity index (χ2n) is 2.38. The zero-order valence-electron chi connectivity index (χ0n) is 5.21. The van der Waals surface area contributed by atoms with Crippen molar-refractivity contribution in [3.05, 3.63) is 0 Å². The first-order chi connectivity index (χ1) is 4.20. The Morgan fingerprint density at radius 2 is 2.33 bits per heavy atom. The molecule has 1 saturated heterocycles. The highest BCUT2D eigenvalue weighted by Gasteiger charge is 2.23. The Morgan fingerprint density at radius 1 is 1.67 bits per heavy atom. The minimum Gasteiger partial charge on any atom is -0.369 e. The molecule has 1 rings (SSSR count). The van der Waals surface area contributed by atoms with Crippen molar-refractivity contribution in [3.8, 4) is 0 Å². The molecule has 0 saturated carbocycles. The molecule has 0 aromatic heterocycles. The molecule has 0 aliphatic carbocycles. The molecule has 0 aromatic carbocycles. The van der Waals surface area contributed by atoms with Gasteiger partial charge in [-0.05, 0) is 6.42 Å². The van der Waals surface area contributed by atoms with Crippen molar-refractivity contribution >= 4 is 5.91 Å². The SMILES string of the molecule is NC(=O)C1CCN(N)C1. The average Bonchev–Trinajstić information content (AvgIpc) is 2.14. The summed E-state index contributed by atoms with van der Waals surface area (Å²) < 4.78 is 0. The summed E-state index contributed by atoms with van der Waals surface area (Å²) in [7, 11) is 0. The van der Waals surface area contributed by atoms with Crippen LogP contribution in [0.3, 0.4) is 0 Å². The lowest BCUT2D eigenvalue weighted by Gasteiger charge is -2.04. The van der Waals surface area contributed by atoms with Gasteiger partial charge in [0.2, 0.25) is 5.91 Å². The molecule has 0 spiro atoms. The van der Waals surface area contributed by atoms with Gasteiger partial charge in [0.1, 0.15) is 0 Å². The molecule has 1 fully saturated rings. The lowest BCUT2D eigenvalue weighted by molar-refractivity contribution is -0.121. The fourth-order valence-electron chi connectivity index (χ4n) is 1.02. The van der Waals surface area contributed by atoms with Gasteiger partial charge in [-0.1, -0.05) is 0 Å². The first-order valence-corrected chi connectivity index (χ1v) is 2.99. The summed E-state index contributed by atoms with van der Waals surface area (Å²) in [6, 6.07) is 0. The van der Waals surface area contributed by atoms with E-state index in [1.54, 1.807) is 5.01 Å². The molecule has 0 bridgehead atoms. The van der Waals surface area contributed by atoms with E-state index in [0.717, 1.165) is 13.0 Å². The summed E-state index contributed by atoms with van der Waals surface area (Å²) in [5.74, 6) is 5.14. The van der Waals surface area contributed by atoms with Crippen LogP contribution in [0.15, 0.2) is 0 Å². The van der Waals surface area contributed by atoms with E-state index in [-0.39, 0.29) is 11.8 Å². The zero-order valence-corrected chi connectivity index (χ0v) is 5.21. The smallest absolute Gasteiger partial charge is 0.221 e. The Hall–Kier alpha value is -0.610. The third kappa shape index (κ3) is 1.40. The third-order valence-corrected chi connectivity index (χ3v) is 1.62. The van der Waals surface area contributed by atoms with Gasteiger partial charge in [-0.2, -0.15) is 0 Å². The van der Waals surface area contributed by atoms with E-state index in [4.69, 9.17) is 11.6 Å². The highest BCUT2D eigenvalue weighted by Crippen LogP contribution is 2.10. The number of nitrogens with zero attached hydrogens (tertiary/aromatic N) is 1. The van der Waals surface area contributed by atoms with Crippen molar-refractivity contribution in [1.82, 2.24) is 5.01 Å². The lowest BCUT2D eigenvalue weighted by Crippen LogP contribution is -2.31. The van der Waals surface area contributed by atoms with Crippen LogP contribution >= 0.6 is 0 Å². The Kier molecular flexibility index (Phi) is 1.68. The molecule has 1 aliphatic rings. The van der Waals surface area contributed by atoms with Gasteiger partial charge in [0.15, 0.2) is 0 Å². The molecule has 4 N–H and O–H groups in total. The molecule has 1 atom stereocenters. The fourth-order valence-corrected chi connectivity index (χ4v) is 1.02. The molecule has 1 aliphatic heterocycles. The first-order valence-electron chi connectivity index (χ1n) is 2.99. The number of nitrogens with two attached hydrogens (primary N) is 2. The maximum Gasteiger partial charge on any atom is 0.221 e. The van der Waals surface area contributed by atoms with Gasteiger partial charge in [-0.25, -0.2) is 5.01 Å². The van der Waals surface area contributed by atoms with Gasteiger partial charge in [-0.15, -0.1) is 0 Å². The molecule has 4 heteroatoms. The Morgan fingerprint density at radius 3 is 2.56 bits per heavy atom. The van der Waals surface area contributed by atoms with Crippen LogP contribution in [-0.2, 0) is 4.79 Å². The average molecular weight is 129 g/mol. The van der Waals surface area contributed by atoms with Gasteiger partial charge in [-0.3, -0.25) is 10.6 Å². The summed E-state index contributed by atoms with van der Waals surface area (Å²) >= 11 is 0. The number of carbonyl (C=O) groups is 1. The summed E-state index contributed by atoms with van der Waals surface area (Å²) in [6.45, 7) is 1.41. The van der Waals surface area contributed by atoms with Crippen LogP contribution in [0.1, 0.15) is 6.42 Å². The Balaban J connectivity index is 2.39. The molecule has 1 amide bonds. The van der Waals surface area contributed by atoms with Crippen molar-refractivity contribution in [2.75, 3.05) is 13.1 Å². The molecule has 0 aromatic rings. The van der Waals surface area contributed by atoms with E-state index in [0.29, 0.717) is 6.54 Å². The number of rotatable bonds is 1. The van der Waals surface area contributed by atoms with E-state index < -0.39 is 0 Å². The van der Waals surface area contributed by atoms with Crippen LogP contribution in [0.5, 0.6) is 0 Å². The van der Waals surface area contributed by atoms with E-state index in [2.05, 4.69) is 0 Å². The van der Waals surface area contributed by atoms with Gasteiger partial charge in [0.05, 0.1) is 5.92 Å². The molecule has 1 unspecified atom stereocenters. The molecule has 1 heterocycles. The van der Waals surface area contributed by atoms with E-state index in [9.17, 15) is 4.79 Å². The van der Waals surface area contributed by atoms with Crippen molar-refractivity contribution in [2.24, 2.45) is 17.5 Å². The maximum absolute atomic E-state index is 10.5. The minimum atomic E-state index is -0.233. The van der Waals surface area contributed by atoms with E-state index in [1.165, 1.54) is 0 Å². The Labute approximate surface area is 53.8 Å². The number of hydrogen-bond donors (Lipinski definition) is 2. The third-order valence-electron chi connectivity index (χ3n) is 1.62. The molecule has 52 valence electrons. The number of amides is 1. The summed E-state index contributed by atoms with van der Waals surface area (Å²) in [5.41, 5.74) is 5.04. The Bertz CT molecular complexity index is 125. The number of carbonyl (C=O) groups excluding carboxylic acids is 1. The molecular formula is C5H11N3O. The predicted molar refractivity (Wildman–Crippen MR) is 33.1 cm³/mol. The predicted octanol–water partition coefficient (Wildman–Crippen LogP) is -1.33. The first kappa shape index (κ1) is 6.51. The topological polar surface area (TPSA) is 72.4 Å². The maximum atomic E-state index is 10.5. The molecular weight excluding hydrogens is 118 g/mol. The lowest BCUT2D eigenvalue weighted by atomic mass is 10.1. The van der Waals surface area contributed by atoms with E-state index >= 15 is 0 Å². The van der Waals surface area contributed by atoms with Crippen molar-refractivity contribution < 1.29 is 4.79 Å². The molecule has 4 nitrogen and oxygen atoms in total. The summed E-state index contributed by atoms with van der Waals surface area (Å²) in [5, 5.41) is 1.62. The van der Waals surface area contributed by atoms with Crippen molar-refractivity contribution in [1.29, 1.82) is 0 Å². The normalized spacial score (nSPS) is 28.8. The zero-order chi connectivity index (χ0) is 6.85. The highest BCUT2D eigenvalue weighted by atomic mass is 16.1. The highest BCUT2D eigenvalue weighted by molar-refractivity contribution is 5.77. The second kappa shape index (κ2) is 2.33. The van der Waals surface area contributed by atoms with Crippen LogP contribution in [0.25, 0.3) is 0 Å².